The number of sulfonamides is 2. The first kappa shape index (κ1) is 19.1. The Hall–Kier alpha value is -0.960. The highest BCUT2D eigenvalue weighted by Gasteiger charge is 2.24. The lowest BCUT2D eigenvalue weighted by atomic mass is 10.1. The summed E-state index contributed by atoms with van der Waals surface area (Å²) in [6.07, 6.45) is 0. The summed E-state index contributed by atoms with van der Waals surface area (Å²) < 4.78 is 52.9. The fourth-order valence-corrected chi connectivity index (χ4v) is 4.84. The molecule has 0 atom stereocenters. The predicted octanol–water partition coefficient (Wildman–Crippen LogP) is 1.79. The second-order valence-electron chi connectivity index (χ2n) is 5.92. The molecule has 1 rings (SSSR count). The molecule has 0 aliphatic heterocycles. The first-order valence-electron chi connectivity index (χ1n) is 7.08. The summed E-state index contributed by atoms with van der Waals surface area (Å²) in [5.41, 5.74) is -0.606. The van der Waals surface area contributed by atoms with Crippen LogP contribution >= 0.6 is 0 Å². The van der Waals surface area contributed by atoms with E-state index in [0.29, 0.717) is 13.1 Å². The van der Waals surface area contributed by atoms with Gasteiger partial charge in [0.15, 0.2) is 0 Å². The summed E-state index contributed by atoms with van der Waals surface area (Å²) in [6, 6.07) is 5.27. The van der Waals surface area contributed by atoms with E-state index in [9.17, 15) is 16.8 Å². The fourth-order valence-electron chi connectivity index (χ4n) is 1.97. The highest BCUT2D eigenvalue weighted by molar-refractivity contribution is 7.89. The second kappa shape index (κ2) is 6.66. The van der Waals surface area contributed by atoms with Gasteiger partial charge < -0.3 is 0 Å². The van der Waals surface area contributed by atoms with Crippen LogP contribution in [-0.2, 0) is 20.0 Å². The van der Waals surface area contributed by atoms with E-state index < -0.39 is 25.6 Å². The molecule has 22 heavy (non-hydrogen) atoms. The minimum absolute atomic E-state index is 0.0425. The molecule has 0 bridgehead atoms. The van der Waals surface area contributed by atoms with Crippen LogP contribution < -0.4 is 4.72 Å². The molecular weight excluding hydrogens is 324 g/mol. The van der Waals surface area contributed by atoms with Gasteiger partial charge in [-0.2, -0.15) is 4.31 Å². The molecule has 0 heterocycles. The predicted molar refractivity (Wildman–Crippen MR) is 86.6 cm³/mol. The molecule has 1 aromatic rings. The van der Waals surface area contributed by atoms with E-state index in [-0.39, 0.29) is 9.79 Å². The van der Waals surface area contributed by atoms with Crippen molar-refractivity contribution >= 4 is 20.0 Å². The Morgan fingerprint density at radius 1 is 0.909 bits per heavy atom. The largest absolute Gasteiger partial charge is 0.243 e. The Balaban J connectivity index is 3.16. The van der Waals surface area contributed by atoms with Gasteiger partial charge in [-0.3, -0.25) is 0 Å². The Labute approximate surface area is 133 Å². The SMILES string of the molecule is CCN(CC)S(=O)(=O)c1ccc(S(=O)(=O)NC(C)(C)C)cc1. The number of benzene rings is 1. The topological polar surface area (TPSA) is 83.6 Å². The maximum atomic E-state index is 12.3. The Morgan fingerprint density at radius 2 is 1.32 bits per heavy atom. The van der Waals surface area contributed by atoms with Crippen LogP contribution in [0.1, 0.15) is 34.6 Å². The van der Waals surface area contributed by atoms with Crippen LogP contribution in [0.2, 0.25) is 0 Å². The summed E-state index contributed by atoms with van der Waals surface area (Å²) >= 11 is 0. The lowest BCUT2D eigenvalue weighted by Crippen LogP contribution is -2.40. The van der Waals surface area contributed by atoms with Crippen molar-refractivity contribution < 1.29 is 16.8 Å². The van der Waals surface area contributed by atoms with Gasteiger partial charge in [-0.05, 0) is 45.0 Å². The summed E-state index contributed by atoms with van der Waals surface area (Å²) in [4.78, 5) is 0.131. The molecule has 0 saturated carbocycles. The van der Waals surface area contributed by atoms with Crippen molar-refractivity contribution in [1.82, 2.24) is 9.03 Å². The maximum absolute atomic E-state index is 12.3. The molecule has 1 aromatic carbocycles. The van der Waals surface area contributed by atoms with E-state index in [2.05, 4.69) is 4.72 Å². The van der Waals surface area contributed by atoms with Crippen molar-refractivity contribution in [2.45, 2.75) is 49.9 Å². The van der Waals surface area contributed by atoms with E-state index in [1.54, 1.807) is 34.6 Å². The van der Waals surface area contributed by atoms with Crippen LogP contribution in [0.3, 0.4) is 0 Å². The zero-order valence-electron chi connectivity index (χ0n) is 13.6. The van der Waals surface area contributed by atoms with E-state index in [1.165, 1.54) is 28.6 Å². The molecule has 0 spiro atoms. The number of hydrogen-bond donors (Lipinski definition) is 1. The van der Waals surface area contributed by atoms with Crippen molar-refractivity contribution in [2.75, 3.05) is 13.1 Å². The van der Waals surface area contributed by atoms with Gasteiger partial charge in [-0.1, -0.05) is 13.8 Å². The number of nitrogens with zero attached hydrogens (tertiary/aromatic N) is 1. The third-order valence-corrected chi connectivity index (χ3v) is 6.76. The molecule has 8 heteroatoms. The van der Waals surface area contributed by atoms with E-state index in [1.807, 2.05) is 0 Å². The zero-order chi connectivity index (χ0) is 17.2. The van der Waals surface area contributed by atoms with Gasteiger partial charge in [0.25, 0.3) is 0 Å². The average Bonchev–Trinajstić information content (AvgIpc) is 2.37. The fraction of sp³-hybridized carbons (Fsp3) is 0.571. The first-order valence-corrected chi connectivity index (χ1v) is 10.0. The summed E-state index contributed by atoms with van der Waals surface area (Å²) in [5.74, 6) is 0. The minimum atomic E-state index is -3.67. The van der Waals surface area contributed by atoms with E-state index >= 15 is 0 Å². The van der Waals surface area contributed by atoms with Gasteiger partial charge in [0.1, 0.15) is 0 Å². The molecule has 0 aliphatic rings. The van der Waals surface area contributed by atoms with Crippen molar-refractivity contribution in [1.29, 1.82) is 0 Å². The monoisotopic (exact) mass is 348 g/mol. The highest BCUT2D eigenvalue weighted by atomic mass is 32.2. The van der Waals surface area contributed by atoms with Crippen molar-refractivity contribution in [2.24, 2.45) is 0 Å². The third-order valence-electron chi connectivity index (χ3n) is 2.92. The van der Waals surface area contributed by atoms with Crippen molar-refractivity contribution in [3.63, 3.8) is 0 Å². The van der Waals surface area contributed by atoms with Crippen LogP contribution in [0.4, 0.5) is 0 Å². The van der Waals surface area contributed by atoms with Crippen molar-refractivity contribution in [3.8, 4) is 0 Å². The number of nitrogens with one attached hydrogen (secondary N) is 1. The van der Waals surface area contributed by atoms with Gasteiger partial charge >= 0.3 is 0 Å². The van der Waals surface area contributed by atoms with Gasteiger partial charge in [0.05, 0.1) is 9.79 Å². The molecule has 0 saturated heterocycles. The molecule has 0 fully saturated rings. The highest BCUT2D eigenvalue weighted by Crippen LogP contribution is 2.19. The molecule has 0 aliphatic carbocycles. The van der Waals surface area contributed by atoms with Gasteiger partial charge in [0, 0.05) is 18.6 Å². The number of hydrogen-bond acceptors (Lipinski definition) is 4. The van der Waals surface area contributed by atoms with Crippen molar-refractivity contribution in [3.05, 3.63) is 24.3 Å². The standard InChI is InChI=1S/C14H24N2O4S2/c1-6-16(7-2)22(19,20)13-10-8-12(9-11-13)21(17,18)15-14(3,4)5/h8-11,15H,6-7H2,1-5H3. The van der Waals surface area contributed by atoms with Gasteiger partial charge in [-0.15, -0.1) is 0 Å². The summed E-state index contributed by atoms with van der Waals surface area (Å²) in [6.45, 7) is 9.46. The van der Waals surface area contributed by atoms with Gasteiger partial charge in [0.2, 0.25) is 20.0 Å². The smallest absolute Gasteiger partial charge is 0.207 e. The van der Waals surface area contributed by atoms with E-state index in [4.69, 9.17) is 0 Å². The molecule has 1 N–H and O–H groups in total. The maximum Gasteiger partial charge on any atom is 0.243 e. The second-order valence-corrected chi connectivity index (χ2v) is 9.54. The van der Waals surface area contributed by atoms with E-state index in [0.717, 1.165) is 0 Å². The quantitative estimate of drug-likeness (QED) is 0.849. The molecular formula is C14H24N2O4S2. The van der Waals surface area contributed by atoms with Crippen LogP contribution in [0.15, 0.2) is 34.1 Å². The molecule has 0 amide bonds. The Morgan fingerprint density at radius 3 is 1.68 bits per heavy atom. The first-order chi connectivity index (χ1) is 9.94. The molecule has 0 radical (unpaired) electrons. The lowest BCUT2D eigenvalue weighted by Gasteiger charge is -2.21. The molecule has 0 aromatic heterocycles. The molecule has 0 unspecified atom stereocenters. The minimum Gasteiger partial charge on any atom is -0.207 e. The zero-order valence-corrected chi connectivity index (χ0v) is 15.3. The molecule has 126 valence electrons. The summed E-state index contributed by atoms with van der Waals surface area (Å²) in [7, 11) is -7.25. The van der Waals surface area contributed by atoms with Crippen LogP contribution in [0.25, 0.3) is 0 Å². The lowest BCUT2D eigenvalue weighted by molar-refractivity contribution is 0.445. The van der Waals surface area contributed by atoms with Crippen LogP contribution in [0, 0.1) is 0 Å². The van der Waals surface area contributed by atoms with Crippen LogP contribution in [0.5, 0.6) is 0 Å². The summed E-state index contributed by atoms with van der Waals surface area (Å²) in [5, 5.41) is 0. The van der Waals surface area contributed by atoms with Crippen LogP contribution in [-0.4, -0.2) is 39.8 Å². The van der Waals surface area contributed by atoms with Gasteiger partial charge in [-0.25, -0.2) is 21.6 Å². The molecule has 6 nitrogen and oxygen atoms in total. The Bertz CT molecular complexity index is 698. The number of rotatable bonds is 6. The average molecular weight is 348 g/mol. The normalized spacial score (nSPS) is 13.5. The third kappa shape index (κ3) is 4.52. The Kier molecular flexibility index (Phi) is 5.77.